The summed E-state index contributed by atoms with van der Waals surface area (Å²) in [4.78, 5) is 11.2. The summed E-state index contributed by atoms with van der Waals surface area (Å²) in [6.45, 7) is 0. The molecule has 0 radical (unpaired) electrons. The molecule has 0 bridgehead atoms. The van der Waals surface area contributed by atoms with E-state index in [9.17, 15) is 4.79 Å². The highest BCUT2D eigenvalue weighted by Gasteiger charge is 2.50. The zero-order valence-corrected chi connectivity index (χ0v) is 9.23. The lowest BCUT2D eigenvalue weighted by Crippen LogP contribution is -2.14. The maximum absolute atomic E-state index is 11.2. The van der Waals surface area contributed by atoms with E-state index < -0.39 is 0 Å². The molecule has 3 heteroatoms. The van der Waals surface area contributed by atoms with Crippen molar-refractivity contribution in [1.29, 1.82) is 0 Å². The summed E-state index contributed by atoms with van der Waals surface area (Å²) in [5.41, 5.74) is 0.679. The first-order valence-electron chi connectivity index (χ1n) is 4.11. The molecule has 0 spiro atoms. The molecular formula is C10H8BrClO. The number of benzene rings is 1. The molecule has 0 unspecified atom stereocenters. The fraction of sp³-hybridized carbons (Fsp3) is 0.300. The molecule has 0 atom stereocenters. The van der Waals surface area contributed by atoms with Gasteiger partial charge in [-0.2, -0.15) is 0 Å². The maximum atomic E-state index is 11.2. The van der Waals surface area contributed by atoms with Crippen molar-refractivity contribution in [3.63, 3.8) is 0 Å². The first-order chi connectivity index (χ1) is 6.15. The number of hydrogen-bond acceptors (Lipinski definition) is 1. The van der Waals surface area contributed by atoms with E-state index in [1.165, 1.54) is 0 Å². The lowest BCUT2D eigenvalue weighted by molar-refractivity contribution is -0.113. The van der Waals surface area contributed by atoms with Crippen LogP contribution >= 0.6 is 27.5 Å². The van der Waals surface area contributed by atoms with Crippen LogP contribution in [0.4, 0.5) is 0 Å². The van der Waals surface area contributed by atoms with Gasteiger partial charge in [-0.05, 0) is 42.1 Å². The maximum Gasteiger partial charge on any atom is 0.232 e. The molecule has 1 aromatic rings. The van der Waals surface area contributed by atoms with Crippen LogP contribution in [-0.4, -0.2) is 5.24 Å². The normalized spacial score (nSPS) is 18.3. The number of carbonyl (C=O) groups excluding carboxylic acids is 1. The Kier molecular flexibility index (Phi) is 2.20. The van der Waals surface area contributed by atoms with Crippen LogP contribution < -0.4 is 0 Å². The second-order valence-electron chi connectivity index (χ2n) is 3.36. The SMILES string of the molecule is O=C(Cl)C1(c2ccc(Br)cc2)CC1. The van der Waals surface area contributed by atoms with Gasteiger partial charge in [0.25, 0.3) is 0 Å². The summed E-state index contributed by atoms with van der Waals surface area (Å²) >= 11 is 8.91. The summed E-state index contributed by atoms with van der Waals surface area (Å²) in [6, 6.07) is 7.79. The second-order valence-corrected chi connectivity index (χ2v) is 4.62. The van der Waals surface area contributed by atoms with Crippen LogP contribution in [0.25, 0.3) is 0 Å². The second kappa shape index (κ2) is 3.10. The van der Waals surface area contributed by atoms with Gasteiger partial charge in [-0.1, -0.05) is 28.1 Å². The van der Waals surface area contributed by atoms with Crippen molar-refractivity contribution in [2.75, 3.05) is 0 Å². The highest BCUT2D eigenvalue weighted by atomic mass is 79.9. The van der Waals surface area contributed by atoms with Crippen LogP contribution in [0.5, 0.6) is 0 Å². The Morgan fingerprint density at radius 1 is 1.31 bits per heavy atom. The molecule has 0 N–H and O–H groups in total. The predicted molar refractivity (Wildman–Crippen MR) is 55.9 cm³/mol. The van der Waals surface area contributed by atoms with E-state index in [1.54, 1.807) is 0 Å². The van der Waals surface area contributed by atoms with Gasteiger partial charge in [0.1, 0.15) is 0 Å². The van der Waals surface area contributed by atoms with Crippen LogP contribution in [0.2, 0.25) is 0 Å². The van der Waals surface area contributed by atoms with Crippen molar-refractivity contribution in [1.82, 2.24) is 0 Å². The third-order valence-electron chi connectivity index (χ3n) is 2.52. The molecule has 68 valence electrons. The van der Waals surface area contributed by atoms with Crippen LogP contribution in [0.15, 0.2) is 28.7 Å². The number of hydrogen-bond donors (Lipinski definition) is 0. The minimum Gasteiger partial charge on any atom is -0.280 e. The molecule has 1 fully saturated rings. The lowest BCUT2D eigenvalue weighted by Gasteiger charge is -2.09. The molecule has 1 aliphatic carbocycles. The van der Waals surface area contributed by atoms with Crippen molar-refractivity contribution in [2.45, 2.75) is 18.3 Å². The molecule has 0 aliphatic heterocycles. The van der Waals surface area contributed by atoms with Crippen LogP contribution in [0, 0.1) is 0 Å². The van der Waals surface area contributed by atoms with Crippen molar-refractivity contribution in [3.05, 3.63) is 34.3 Å². The van der Waals surface area contributed by atoms with E-state index in [1.807, 2.05) is 24.3 Å². The molecule has 1 saturated carbocycles. The molecular weight excluding hydrogens is 251 g/mol. The van der Waals surface area contributed by atoms with Crippen LogP contribution in [-0.2, 0) is 10.2 Å². The quantitative estimate of drug-likeness (QED) is 0.745. The van der Waals surface area contributed by atoms with Crippen molar-refractivity contribution in [3.8, 4) is 0 Å². The smallest absolute Gasteiger partial charge is 0.232 e. The Hall–Kier alpha value is -0.340. The fourth-order valence-corrected chi connectivity index (χ4v) is 2.06. The minimum atomic E-state index is -0.359. The fourth-order valence-electron chi connectivity index (χ4n) is 1.49. The zero-order valence-electron chi connectivity index (χ0n) is 6.89. The first kappa shape index (κ1) is 9.22. The predicted octanol–water partition coefficient (Wildman–Crippen LogP) is 3.25. The van der Waals surface area contributed by atoms with Gasteiger partial charge in [-0.25, -0.2) is 0 Å². The van der Waals surface area contributed by atoms with Crippen molar-refractivity contribution in [2.24, 2.45) is 0 Å². The Morgan fingerprint density at radius 3 is 2.23 bits per heavy atom. The number of rotatable bonds is 2. The highest BCUT2D eigenvalue weighted by Crippen LogP contribution is 2.49. The summed E-state index contributed by atoms with van der Waals surface area (Å²) in [5, 5.41) is -0.227. The molecule has 0 saturated heterocycles. The van der Waals surface area contributed by atoms with Gasteiger partial charge in [0.2, 0.25) is 5.24 Å². The third kappa shape index (κ3) is 1.53. The molecule has 1 aromatic carbocycles. The Labute approximate surface area is 90.2 Å². The first-order valence-corrected chi connectivity index (χ1v) is 5.28. The van der Waals surface area contributed by atoms with E-state index in [0.717, 1.165) is 22.9 Å². The lowest BCUT2D eigenvalue weighted by atomic mass is 9.98. The van der Waals surface area contributed by atoms with Gasteiger partial charge in [0.05, 0.1) is 5.41 Å². The van der Waals surface area contributed by atoms with Gasteiger partial charge in [-0.15, -0.1) is 0 Å². The summed E-state index contributed by atoms with van der Waals surface area (Å²) < 4.78 is 1.02. The van der Waals surface area contributed by atoms with E-state index in [-0.39, 0.29) is 10.7 Å². The van der Waals surface area contributed by atoms with E-state index in [2.05, 4.69) is 15.9 Å². The summed E-state index contributed by atoms with van der Waals surface area (Å²) in [7, 11) is 0. The monoisotopic (exact) mass is 258 g/mol. The Bertz CT molecular complexity index is 340. The largest absolute Gasteiger partial charge is 0.280 e. The Morgan fingerprint density at radius 2 is 1.85 bits per heavy atom. The number of carbonyl (C=O) groups is 1. The van der Waals surface area contributed by atoms with E-state index in [4.69, 9.17) is 11.6 Å². The zero-order chi connectivity index (χ0) is 9.47. The minimum absolute atomic E-state index is 0.227. The number of halogens is 2. The van der Waals surface area contributed by atoms with Crippen LogP contribution in [0.1, 0.15) is 18.4 Å². The highest BCUT2D eigenvalue weighted by molar-refractivity contribution is 9.10. The molecule has 13 heavy (non-hydrogen) atoms. The Balaban J connectivity index is 2.36. The van der Waals surface area contributed by atoms with Crippen molar-refractivity contribution < 1.29 is 4.79 Å². The standard InChI is InChI=1S/C10H8BrClO/c11-8-3-1-7(2-4-8)10(5-6-10)9(12)13/h1-4H,5-6H2. The van der Waals surface area contributed by atoms with E-state index in [0.29, 0.717) is 0 Å². The van der Waals surface area contributed by atoms with Gasteiger partial charge < -0.3 is 0 Å². The average Bonchev–Trinajstić information content (AvgIpc) is 2.86. The van der Waals surface area contributed by atoms with Gasteiger partial charge in [-0.3, -0.25) is 4.79 Å². The van der Waals surface area contributed by atoms with Gasteiger partial charge in [0, 0.05) is 4.47 Å². The topological polar surface area (TPSA) is 17.1 Å². The summed E-state index contributed by atoms with van der Waals surface area (Å²) in [6.07, 6.45) is 1.77. The molecule has 1 aliphatic rings. The van der Waals surface area contributed by atoms with Gasteiger partial charge in [0.15, 0.2) is 0 Å². The van der Waals surface area contributed by atoms with Gasteiger partial charge >= 0.3 is 0 Å². The van der Waals surface area contributed by atoms with Crippen molar-refractivity contribution >= 4 is 32.8 Å². The molecule has 0 heterocycles. The van der Waals surface area contributed by atoms with Crippen LogP contribution in [0.3, 0.4) is 0 Å². The van der Waals surface area contributed by atoms with E-state index >= 15 is 0 Å². The third-order valence-corrected chi connectivity index (χ3v) is 3.41. The average molecular weight is 260 g/mol. The summed E-state index contributed by atoms with van der Waals surface area (Å²) in [5.74, 6) is 0. The molecule has 2 rings (SSSR count). The molecule has 0 aromatic heterocycles. The molecule has 1 nitrogen and oxygen atoms in total. The molecule has 0 amide bonds.